The summed E-state index contributed by atoms with van der Waals surface area (Å²) < 4.78 is 0. The quantitative estimate of drug-likeness (QED) is 0.506. The lowest BCUT2D eigenvalue weighted by Gasteiger charge is -2.15. The van der Waals surface area contributed by atoms with Crippen LogP contribution in [0.3, 0.4) is 0 Å². The lowest BCUT2D eigenvalue weighted by Crippen LogP contribution is -2.37. The van der Waals surface area contributed by atoms with Crippen LogP contribution in [0.1, 0.15) is 6.42 Å². The molecule has 0 aliphatic heterocycles. The average molecular weight is 391 g/mol. The van der Waals surface area contributed by atoms with E-state index >= 15 is 0 Å². The van der Waals surface area contributed by atoms with Crippen LogP contribution < -0.4 is 21.2 Å². The maximum absolute atomic E-state index is 11.2. The second-order valence-corrected chi connectivity index (χ2v) is 6.66. The van der Waals surface area contributed by atoms with Crippen molar-refractivity contribution in [1.29, 1.82) is 0 Å². The van der Waals surface area contributed by atoms with Gasteiger partial charge in [-0.3, -0.25) is 20.2 Å². The van der Waals surface area contributed by atoms with Gasteiger partial charge in [0.05, 0.1) is 21.5 Å². The molecule has 29 heavy (non-hydrogen) atoms. The third-order valence-corrected chi connectivity index (χ3v) is 4.88. The normalized spacial score (nSPS) is 15.0. The van der Waals surface area contributed by atoms with Crippen LogP contribution in [-0.4, -0.2) is 27.9 Å². The van der Waals surface area contributed by atoms with Crippen LogP contribution >= 0.6 is 0 Å². The number of nitro groups is 2. The summed E-state index contributed by atoms with van der Waals surface area (Å²) in [4.78, 5) is 26.0. The summed E-state index contributed by atoms with van der Waals surface area (Å²) in [6.45, 7) is 0. The first-order valence-corrected chi connectivity index (χ1v) is 8.95. The molecule has 146 valence electrons. The van der Waals surface area contributed by atoms with Gasteiger partial charge >= 0.3 is 0 Å². The zero-order chi connectivity index (χ0) is 20.5. The molecule has 0 radical (unpaired) electrons. The van der Waals surface area contributed by atoms with Crippen LogP contribution in [0.4, 0.5) is 22.7 Å². The highest BCUT2D eigenvalue weighted by atomic mass is 16.6. The van der Waals surface area contributed by atoms with E-state index in [1.54, 1.807) is 12.1 Å². The average Bonchev–Trinajstić information content (AvgIpc) is 2.73. The van der Waals surface area contributed by atoms with E-state index in [4.69, 9.17) is 0 Å². The molecule has 1 atom stereocenters. The summed E-state index contributed by atoms with van der Waals surface area (Å²) in [7, 11) is 1.83. The molecule has 0 bridgehead atoms. The zero-order valence-electron chi connectivity index (χ0n) is 15.5. The molecule has 9 heteroatoms. The highest BCUT2D eigenvalue weighted by molar-refractivity contribution is 5.95. The molecule has 0 spiro atoms. The highest BCUT2D eigenvalue weighted by Gasteiger charge is 2.21. The fraction of sp³-hybridized carbons (Fsp3) is 0.150. The van der Waals surface area contributed by atoms with Gasteiger partial charge in [-0.2, -0.15) is 0 Å². The molecule has 1 heterocycles. The SMILES string of the molecule is CNc1ccc(Nc2c3c(nc4cc([N+](=O)[O-])ccc24)=CC([N+](=O)[O-])CC=3)cc1. The second kappa shape index (κ2) is 7.19. The highest BCUT2D eigenvalue weighted by Crippen LogP contribution is 2.26. The second-order valence-electron chi connectivity index (χ2n) is 6.66. The Bertz CT molecular complexity index is 1250. The molecule has 0 fully saturated rings. The number of nitrogens with one attached hydrogen (secondary N) is 2. The number of rotatable bonds is 5. The molecular formula is C20H17N5O4. The number of pyridine rings is 1. The fourth-order valence-corrected chi connectivity index (χ4v) is 3.37. The molecule has 4 rings (SSSR count). The van der Waals surface area contributed by atoms with E-state index in [1.165, 1.54) is 18.2 Å². The van der Waals surface area contributed by atoms with Crippen molar-refractivity contribution in [2.45, 2.75) is 12.5 Å². The minimum Gasteiger partial charge on any atom is -0.388 e. The number of benzene rings is 2. The molecule has 1 aliphatic carbocycles. The van der Waals surface area contributed by atoms with Crippen molar-refractivity contribution in [3.8, 4) is 0 Å². The third kappa shape index (κ3) is 3.45. The Kier molecular flexibility index (Phi) is 4.55. The minimum absolute atomic E-state index is 0.0834. The van der Waals surface area contributed by atoms with E-state index in [9.17, 15) is 20.2 Å². The zero-order valence-corrected chi connectivity index (χ0v) is 15.5. The molecule has 0 amide bonds. The first-order valence-electron chi connectivity index (χ1n) is 8.95. The number of fused-ring (bicyclic) bond motifs is 2. The summed E-state index contributed by atoms with van der Waals surface area (Å²) in [5.41, 5.74) is 2.82. The van der Waals surface area contributed by atoms with Crippen molar-refractivity contribution in [2.24, 2.45) is 0 Å². The predicted molar refractivity (Wildman–Crippen MR) is 111 cm³/mol. The maximum atomic E-state index is 11.2. The largest absolute Gasteiger partial charge is 0.388 e. The fourth-order valence-electron chi connectivity index (χ4n) is 3.37. The molecular weight excluding hydrogens is 374 g/mol. The third-order valence-electron chi connectivity index (χ3n) is 4.88. The van der Waals surface area contributed by atoms with Gasteiger partial charge in [0.25, 0.3) is 5.69 Å². The molecule has 0 saturated heterocycles. The van der Waals surface area contributed by atoms with Crippen LogP contribution in [0, 0.1) is 20.2 Å². The molecule has 1 unspecified atom stereocenters. The van der Waals surface area contributed by atoms with E-state index in [2.05, 4.69) is 15.6 Å². The maximum Gasteiger partial charge on any atom is 0.271 e. The Morgan fingerprint density at radius 1 is 1.07 bits per heavy atom. The van der Waals surface area contributed by atoms with Crippen molar-refractivity contribution in [3.63, 3.8) is 0 Å². The Balaban J connectivity index is 1.94. The van der Waals surface area contributed by atoms with Crippen molar-refractivity contribution >= 4 is 45.8 Å². The number of hydrogen-bond acceptors (Lipinski definition) is 7. The topological polar surface area (TPSA) is 123 Å². The standard InChI is InChI=1S/C20H17N5O4/c1-21-12-2-4-13(5-3-12)22-20-16-8-6-14(24(26)27)10-18(16)23-19-11-15(25(28)29)7-9-17(19)20/h2-6,8-11,15,21-22H,7H2,1H3. The van der Waals surface area contributed by atoms with Gasteiger partial charge in [0.15, 0.2) is 0 Å². The van der Waals surface area contributed by atoms with Crippen molar-refractivity contribution in [1.82, 2.24) is 4.98 Å². The van der Waals surface area contributed by atoms with E-state index in [-0.39, 0.29) is 17.0 Å². The van der Waals surface area contributed by atoms with E-state index in [0.717, 1.165) is 22.3 Å². The Hall–Kier alpha value is -4.01. The summed E-state index contributed by atoms with van der Waals surface area (Å²) in [5.74, 6) is 0. The van der Waals surface area contributed by atoms with Crippen LogP contribution in [0.2, 0.25) is 0 Å². The van der Waals surface area contributed by atoms with E-state index < -0.39 is 11.0 Å². The van der Waals surface area contributed by atoms with Gasteiger partial charge in [-0.05, 0) is 30.3 Å². The molecule has 2 N–H and O–H groups in total. The number of non-ortho nitro benzene ring substituents is 1. The first-order chi connectivity index (χ1) is 14.0. The minimum atomic E-state index is -0.867. The van der Waals surface area contributed by atoms with Crippen molar-refractivity contribution in [3.05, 3.63) is 73.3 Å². The van der Waals surface area contributed by atoms with Crippen molar-refractivity contribution in [2.75, 3.05) is 17.7 Å². The number of aromatic nitrogens is 1. The predicted octanol–water partition coefficient (Wildman–Crippen LogP) is 2.54. The molecule has 9 nitrogen and oxygen atoms in total. The Labute approximate surface area is 164 Å². The van der Waals surface area contributed by atoms with Crippen LogP contribution in [0.15, 0.2) is 42.5 Å². The van der Waals surface area contributed by atoms with Gasteiger partial charge in [-0.25, -0.2) is 4.98 Å². The van der Waals surface area contributed by atoms with Gasteiger partial charge in [0.1, 0.15) is 0 Å². The van der Waals surface area contributed by atoms with Crippen LogP contribution in [-0.2, 0) is 0 Å². The number of nitrogens with zero attached hydrogens (tertiary/aromatic N) is 3. The van der Waals surface area contributed by atoms with Crippen molar-refractivity contribution < 1.29 is 9.85 Å². The monoisotopic (exact) mass is 391 g/mol. The lowest BCUT2D eigenvalue weighted by molar-refractivity contribution is -0.503. The number of hydrogen-bond donors (Lipinski definition) is 2. The molecule has 2 aromatic carbocycles. The smallest absolute Gasteiger partial charge is 0.271 e. The summed E-state index contributed by atoms with van der Waals surface area (Å²) >= 11 is 0. The van der Waals surface area contributed by atoms with E-state index in [1.807, 2.05) is 31.3 Å². The number of anilines is 3. The molecule has 1 aromatic heterocycles. The summed E-state index contributed by atoms with van der Waals surface area (Å²) in [5, 5.41) is 30.7. The molecule has 1 aliphatic rings. The van der Waals surface area contributed by atoms with Gasteiger partial charge in [-0.15, -0.1) is 0 Å². The van der Waals surface area contributed by atoms with Gasteiger partial charge in [0.2, 0.25) is 6.04 Å². The van der Waals surface area contributed by atoms with Crippen LogP contribution in [0.5, 0.6) is 0 Å². The van der Waals surface area contributed by atoms with E-state index in [0.29, 0.717) is 16.3 Å². The number of nitro benzene ring substituents is 1. The summed E-state index contributed by atoms with van der Waals surface area (Å²) in [6, 6.07) is 11.2. The molecule has 0 saturated carbocycles. The van der Waals surface area contributed by atoms with Gasteiger partial charge in [-0.1, -0.05) is 6.08 Å². The Morgan fingerprint density at radius 2 is 1.79 bits per heavy atom. The molecule has 3 aromatic rings. The first kappa shape index (κ1) is 18.4. The van der Waals surface area contributed by atoms with Gasteiger partial charge in [0, 0.05) is 58.6 Å². The van der Waals surface area contributed by atoms with Gasteiger partial charge < -0.3 is 10.6 Å². The lowest BCUT2D eigenvalue weighted by atomic mass is 10.0. The Morgan fingerprint density at radius 3 is 2.45 bits per heavy atom. The summed E-state index contributed by atoms with van der Waals surface area (Å²) in [6.07, 6.45) is 3.55. The van der Waals surface area contributed by atoms with Crippen LogP contribution in [0.25, 0.3) is 23.1 Å².